The van der Waals surface area contributed by atoms with Crippen LogP contribution < -0.4 is 5.32 Å². The van der Waals surface area contributed by atoms with Gasteiger partial charge in [-0.3, -0.25) is 4.79 Å². The van der Waals surface area contributed by atoms with Crippen LogP contribution in [0.1, 0.15) is 24.7 Å². The Hall–Kier alpha value is -1.74. The summed E-state index contributed by atoms with van der Waals surface area (Å²) in [4.78, 5) is 12.1. The van der Waals surface area contributed by atoms with Crippen LogP contribution in [0.2, 0.25) is 0 Å². The molecule has 0 aliphatic heterocycles. The number of amides is 1. The van der Waals surface area contributed by atoms with Gasteiger partial charge in [0.05, 0.1) is 0 Å². The Morgan fingerprint density at radius 1 is 1.05 bits per heavy atom. The molecule has 0 aliphatic carbocycles. The minimum absolute atomic E-state index is 0.0435. The van der Waals surface area contributed by atoms with E-state index in [0.29, 0.717) is 5.25 Å². The number of anilines is 1. The summed E-state index contributed by atoms with van der Waals surface area (Å²) in [6.07, 6.45) is 0. The first kappa shape index (κ1) is 13.7. The lowest BCUT2D eigenvalue weighted by atomic mass is 10.2. The van der Waals surface area contributed by atoms with Gasteiger partial charge in [0.15, 0.2) is 0 Å². The standard InChI is InChI=1S/C16H17NOS/c1-12(14-6-4-3-5-7-14)19-16-10-8-15(9-11-16)17-13(2)18/h3-12H,1-2H3,(H,17,18)/t12-/m0/s1. The van der Waals surface area contributed by atoms with E-state index in [2.05, 4.69) is 36.5 Å². The summed E-state index contributed by atoms with van der Waals surface area (Å²) in [5, 5.41) is 3.18. The van der Waals surface area contributed by atoms with Crippen LogP contribution in [0.4, 0.5) is 5.69 Å². The van der Waals surface area contributed by atoms with E-state index in [4.69, 9.17) is 0 Å². The van der Waals surface area contributed by atoms with Crippen LogP contribution in [-0.2, 0) is 4.79 Å². The van der Waals surface area contributed by atoms with Gasteiger partial charge in [-0.15, -0.1) is 11.8 Å². The minimum Gasteiger partial charge on any atom is -0.326 e. The molecule has 2 nitrogen and oxygen atoms in total. The highest BCUT2D eigenvalue weighted by Gasteiger charge is 2.06. The largest absolute Gasteiger partial charge is 0.326 e. The molecule has 0 radical (unpaired) electrons. The van der Waals surface area contributed by atoms with Crippen LogP contribution >= 0.6 is 11.8 Å². The number of benzene rings is 2. The molecular formula is C16H17NOS. The van der Waals surface area contributed by atoms with Gasteiger partial charge in [0.25, 0.3) is 0 Å². The molecule has 19 heavy (non-hydrogen) atoms. The molecule has 0 fully saturated rings. The molecule has 1 amide bonds. The summed E-state index contributed by atoms with van der Waals surface area (Å²) in [6.45, 7) is 3.71. The second-order valence-electron chi connectivity index (χ2n) is 4.38. The van der Waals surface area contributed by atoms with Crippen molar-refractivity contribution < 1.29 is 4.79 Å². The van der Waals surface area contributed by atoms with Gasteiger partial charge in [-0.05, 0) is 36.8 Å². The third-order valence-electron chi connectivity index (χ3n) is 2.76. The molecule has 0 bridgehead atoms. The zero-order valence-corrected chi connectivity index (χ0v) is 11.9. The van der Waals surface area contributed by atoms with Crippen LogP contribution in [0.15, 0.2) is 59.5 Å². The van der Waals surface area contributed by atoms with E-state index in [1.807, 2.05) is 42.1 Å². The minimum atomic E-state index is -0.0435. The summed E-state index contributed by atoms with van der Waals surface area (Å²) < 4.78 is 0. The van der Waals surface area contributed by atoms with Gasteiger partial charge in [0, 0.05) is 22.8 Å². The molecule has 98 valence electrons. The van der Waals surface area contributed by atoms with Gasteiger partial charge in [-0.1, -0.05) is 30.3 Å². The van der Waals surface area contributed by atoms with Gasteiger partial charge in [0.2, 0.25) is 5.91 Å². The Bertz CT molecular complexity index is 536. The Kier molecular flexibility index (Phi) is 4.63. The predicted molar refractivity (Wildman–Crippen MR) is 81.5 cm³/mol. The molecule has 1 atom stereocenters. The Balaban J connectivity index is 2.01. The van der Waals surface area contributed by atoms with Gasteiger partial charge in [-0.2, -0.15) is 0 Å². The van der Waals surface area contributed by atoms with E-state index in [0.717, 1.165) is 5.69 Å². The van der Waals surface area contributed by atoms with Crippen molar-refractivity contribution in [2.45, 2.75) is 24.0 Å². The number of nitrogens with one attached hydrogen (secondary N) is 1. The lowest BCUT2D eigenvalue weighted by molar-refractivity contribution is -0.114. The second-order valence-corrected chi connectivity index (χ2v) is 5.79. The molecule has 0 unspecified atom stereocenters. The van der Waals surface area contributed by atoms with Crippen molar-refractivity contribution >= 4 is 23.4 Å². The van der Waals surface area contributed by atoms with Crippen LogP contribution in [0.3, 0.4) is 0 Å². The Morgan fingerprint density at radius 2 is 1.68 bits per heavy atom. The normalized spacial score (nSPS) is 11.9. The van der Waals surface area contributed by atoms with E-state index < -0.39 is 0 Å². The van der Waals surface area contributed by atoms with E-state index in [1.165, 1.54) is 17.4 Å². The van der Waals surface area contributed by atoms with Gasteiger partial charge < -0.3 is 5.32 Å². The SMILES string of the molecule is CC(=O)Nc1ccc(S[C@@H](C)c2ccccc2)cc1. The Labute approximate surface area is 118 Å². The molecule has 2 aromatic rings. The van der Waals surface area contributed by atoms with Crippen molar-refractivity contribution in [2.24, 2.45) is 0 Å². The molecule has 1 N–H and O–H groups in total. The smallest absolute Gasteiger partial charge is 0.221 e. The highest BCUT2D eigenvalue weighted by molar-refractivity contribution is 7.99. The number of carbonyl (C=O) groups is 1. The first-order chi connectivity index (χ1) is 9.15. The van der Waals surface area contributed by atoms with Gasteiger partial charge in [-0.25, -0.2) is 0 Å². The highest BCUT2D eigenvalue weighted by atomic mass is 32.2. The van der Waals surface area contributed by atoms with E-state index in [-0.39, 0.29) is 5.91 Å². The Morgan fingerprint density at radius 3 is 2.26 bits per heavy atom. The van der Waals surface area contributed by atoms with Crippen molar-refractivity contribution in [3.05, 3.63) is 60.2 Å². The van der Waals surface area contributed by atoms with E-state index >= 15 is 0 Å². The van der Waals surface area contributed by atoms with E-state index in [1.54, 1.807) is 0 Å². The summed E-state index contributed by atoms with van der Waals surface area (Å²) in [5.74, 6) is -0.0435. The van der Waals surface area contributed by atoms with Crippen molar-refractivity contribution in [1.29, 1.82) is 0 Å². The van der Waals surface area contributed by atoms with Crippen molar-refractivity contribution in [3.8, 4) is 0 Å². The number of carbonyl (C=O) groups excluding carboxylic acids is 1. The zero-order chi connectivity index (χ0) is 13.7. The monoisotopic (exact) mass is 271 g/mol. The summed E-state index contributed by atoms with van der Waals surface area (Å²) >= 11 is 1.81. The fourth-order valence-corrected chi connectivity index (χ4v) is 2.81. The predicted octanol–water partition coefficient (Wildman–Crippen LogP) is 4.50. The zero-order valence-electron chi connectivity index (χ0n) is 11.1. The molecule has 2 rings (SSSR count). The maximum atomic E-state index is 10.9. The highest BCUT2D eigenvalue weighted by Crippen LogP contribution is 2.34. The molecule has 0 aliphatic rings. The maximum absolute atomic E-state index is 10.9. The molecule has 0 saturated carbocycles. The molecular weight excluding hydrogens is 254 g/mol. The first-order valence-electron chi connectivity index (χ1n) is 6.24. The fraction of sp³-hybridized carbons (Fsp3) is 0.188. The molecule has 0 heterocycles. The lowest BCUT2D eigenvalue weighted by Crippen LogP contribution is -2.05. The second kappa shape index (κ2) is 6.43. The maximum Gasteiger partial charge on any atom is 0.221 e. The first-order valence-corrected chi connectivity index (χ1v) is 7.12. The van der Waals surface area contributed by atoms with Crippen molar-refractivity contribution in [1.82, 2.24) is 0 Å². The lowest BCUT2D eigenvalue weighted by Gasteiger charge is -2.12. The number of hydrogen-bond donors (Lipinski definition) is 1. The molecule has 2 aromatic carbocycles. The molecule has 3 heteroatoms. The van der Waals surface area contributed by atoms with Crippen LogP contribution in [0.5, 0.6) is 0 Å². The average molecular weight is 271 g/mol. The van der Waals surface area contributed by atoms with Crippen LogP contribution in [0.25, 0.3) is 0 Å². The van der Waals surface area contributed by atoms with Crippen molar-refractivity contribution in [2.75, 3.05) is 5.32 Å². The summed E-state index contributed by atoms with van der Waals surface area (Å²) in [7, 11) is 0. The summed E-state index contributed by atoms with van der Waals surface area (Å²) in [6, 6.07) is 18.4. The topological polar surface area (TPSA) is 29.1 Å². The number of hydrogen-bond acceptors (Lipinski definition) is 2. The van der Waals surface area contributed by atoms with Gasteiger partial charge in [0.1, 0.15) is 0 Å². The number of thioether (sulfide) groups is 1. The summed E-state index contributed by atoms with van der Waals surface area (Å²) in [5.41, 5.74) is 2.16. The average Bonchev–Trinajstić information content (AvgIpc) is 2.41. The van der Waals surface area contributed by atoms with E-state index in [9.17, 15) is 4.79 Å². The van der Waals surface area contributed by atoms with Crippen LogP contribution in [0, 0.1) is 0 Å². The van der Waals surface area contributed by atoms with Gasteiger partial charge >= 0.3 is 0 Å². The molecule has 0 spiro atoms. The third kappa shape index (κ3) is 4.14. The number of rotatable bonds is 4. The fourth-order valence-electron chi connectivity index (χ4n) is 1.82. The molecule has 0 aromatic heterocycles. The van der Waals surface area contributed by atoms with Crippen molar-refractivity contribution in [3.63, 3.8) is 0 Å². The third-order valence-corrected chi connectivity index (χ3v) is 3.93. The molecule has 0 saturated heterocycles. The quantitative estimate of drug-likeness (QED) is 0.830. The van der Waals surface area contributed by atoms with Crippen LogP contribution in [-0.4, -0.2) is 5.91 Å².